The molecular formula is C22H20Cl2N4O. The van der Waals surface area contributed by atoms with Crippen LogP contribution in [0.25, 0.3) is 0 Å². The van der Waals surface area contributed by atoms with E-state index in [1.54, 1.807) is 16.9 Å². The first-order valence-corrected chi connectivity index (χ1v) is 10.1. The summed E-state index contributed by atoms with van der Waals surface area (Å²) >= 11 is 12.8. The maximum absolute atomic E-state index is 13.2. The second kappa shape index (κ2) is 8.31. The van der Waals surface area contributed by atoms with Crippen molar-refractivity contribution in [3.8, 4) is 0 Å². The number of halogens is 2. The zero-order valence-electron chi connectivity index (χ0n) is 15.8. The van der Waals surface area contributed by atoms with Crippen LogP contribution in [0.1, 0.15) is 24.1 Å². The van der Waals surface area contributed by atoms with Gasteiger partial charge in [0.05, 0.1) is 21.8 Å². The van der Waals surface area contributed by atoms with Crippen LogP contribution in [-0.2, 0) is 11.2 Å². The second-order valence-electron chi connectivity index (χ2n) is 6.86. The van der Waals surface area contributed by atoms with Crippen molar-refractivity contribution in [2.75, 3.05) is 11.9 Å². The predicted molar refractivity (Wildman–Crippen MR) is 116 cm³/mol. The van der Waals surface area contributed by atoms with Crippen LogP contribution in [-0.4, -0.2) is 22.2 Å². The highest BCUT2D eigenvalue weighted by molar-refractivity contribution is 6.42. The molecule has 2 N–H and O–H groups in total. The van der Waals surface area contributed by atoms with Gasteiger partial charge < -0.3 is 10.6 Å². The number of aromatic nitrogens is 2. The topological polar surface area (TPSA) is 59.0 Å². The lowest BCUT2D eigenvalue weighted by molar-refractivity contribution is -0.117. The maximum Gasteiger partial charge on any atom is 0.251 e. The largest absolute Gasteiger partial charge is 0.352 e. The van der Waals surface area contributed by atoms with Crippen molar-refractivity contribution >= 4 is 34.9 Å². The van der Waals surface area contributed by atoms with Crippen LogP contribution in [0.2, 0.25) is 10.0 Å². The third-order valence-electron chi connectivity index (χ3n) is 4.97. The second-order valence-corrected chi connectivity index (χ2v) is 7.65. The van der Waals surface area contributed by atoms with Crippen molar-refractivity contribution in [3.63, 3.8) is 0 Å². The van der Waals surface area contributed by atoms with E-state index in [1.807, 2.05) is 55.5 Å². The molecule has 3 aromatic rings. The summed E-state index contributed by atoms with van der Waals surface area (Å²) in [7, 11) is 0. The van der Waals surface area contributed by atoms with Crippen molar-refractivity contribution < 1.29 is 4.79 Å². The summed E-state index contributed by atoms with van der Waals surface area (Å²) < 4.78 is 1.76. The molecule has 7 heteroatoms. The van der Waals surface area contributed by atoms with Gasteiger partial charge in [-0.3, -0.25) is 4.79 Å². The predicted octanol–water partition coefficient (Wildman–Crippen LogP) is 4.84. The van der Waals surface area contributed by atoms with Gasteiger partial charge in [0.15, 0.2) is 0 Å². The van der Waals surface area contributed by atoms with Crippen molar-refractivity contribution in [1.82, 2.24) is 15.1 Å². The number of benzene rings is 2. The number of fused-ring (bicyclic) bond motifs is 1. The van der Waals surface area contributed by atoms with Crippen molar-refractivity contribution in [2.45, 2.75) is 19.4 Å². The molecule has 2 aromatic carbocycles. The number of carbonyl (C=O) groups excluding carboxylic acids is 1. The highest BCUT2D eigenvalue weighted by atomic mass is 35.5. The Morgan fingerprint density at radius 3 is 2.72 bits per heavy atom. The van der Waals surface area contributed by atoms with E-state index in [4.69, 9.17) is 23.2 Å². The number of nitrogens with one attached hydrogen (secondary N) is 2. The van der Waals surface area contributed by atoms with Gasteiger partial charge >= 0.3 is 0 Å². The molecule has 0 radical (unpaired) electrons. The van der Waals surface area contributed by atoms with Gasteiger partial charge in [-0.1, -0.05) is 65.7 Å². The third-order valence-corrected chi connectivity index (χ3v) is 5.80. The average Bonchev–Trinajstić information content (AvgIpc) is 3.18. The van der Waals surface area contributed by atoms with Crippen LogP contribution < -0.4 is 10.6 Å². The fraction of sp³-hybridized carbons (Fsp3) is 0.182. The molecule has 5 nitrogen and oxygen atoms in total. The van der Waals surface area contributed by atoms with Crippen LogP contribution >= 0.6 is 23.2 Å². The number of amides is 1. The molecule has 1 unspecified atom stereocenters. The monoisotopic (exact) mass is 426 g/mol. The Labute approximate surface area is 179 Å². The van der Waals surface area contributed by atoms with Gasteiger partial charge in [0.25, 0.3) is 5.91 Å². The van der Waals surface area contributed by atoms with Crippen molar-refractivity contribution in [1.29, 1.82) is 0 Å². The van der Waals surface area contributed by atoms with E-state index >= 15 is 0 Å². The fourth-order valence-electron chi connectivity index (χ4n) is 3.58. The highest BCUT2D eigenvalue weighted by Crippen LogP contribution is 2.40. The van der Waals surface area contributed by atoms with E-state index in [0.717, 1.165) is 23.5 Å². The van der Waals surface area contributed by atoms with E-state index in [1.165, 1.54) is 5.56 Å². The molecule has 2 heterocycles. The number of nitrogens with zero attached hydrogens (tertiary/aromatic N) is 2. The molecule has 1 amide bonds. The van der Waals surface area contributed by atoms with E-state index in [-0.39, 0.29) is 5.91 Å². The quantitative estimate of drug-likeness (QED) is 0.613. The molecule has 1 aromatic heterocycles. The van der Waals surface area contributed by atoms with Gasteiger partial charge in [0.1, 0.15) is 11.9 Å². The van der Waals surface area contributed by atoms with Gasteiger partial charge in [0.2, 0.25) is 0 Å². The zero-order valence-corrected chi connectivity index (χ0v) is 17.3. The minimum absolute atomic E-state index is 0.159. The number of carbonyl (C=O) groups is 1. The first-order valence-electron chi connectivity index (χ1n) is 9.33. The molecule has 0 aliphatic carbocycles. The highest BCUT2D eigenvalue weighted by Gasteiger charge is 2.34. The number of anilines is 1. The molecule has 1 atom stereocenters. The van der Waals surface area contributed by atoms with E-state index in [9.17, 15) is 4.79 Å². The Morgan fingerprint density at radius 2 is 1.93 bits per heavy atom. The number of rotatable bonds is 5. The summed E-state index contributed by atoms with van der Waals surface area (Å²) in [4.78, 5) is 13.2. The molecule has 29 heavy (non-hydrogen) atoms. The van der Waals surface area contributed by atoms with E-state index in [2.05, 4.69) is 15.7 Å². The Balaban J connectivity index is 1.64. The number of hydrogen-bond acceptors (Lipinski definition) is 3. The van der Waals surface area contributed by atoms with Gasteiger partial charge in [-0.25, -0.2) is 4.68 Å². The summed E-state index contributed by atoms with van der Waals surface area (Å²) in [5.74, 6) is 0.637. The van der Waals surface area contributed by atoms with Crippen LogP contribution in [0.15, 0.2) is 72.1 Å². The fourth-order valence-corrected chi connectivity index (χ4v) is 3.99. The zero-order chi connectivity index (χ0) is 20.4. The Morgan fingerprint density at radius 1 is 1.14 bits per heavy atom. The van der Waals surface area contributed by atoms with Crippen molar-refractivity contribution in [2.24, 2.45) is 0 Å². The maximum atomic E-state index is 13.2. The van der Waals surface area contributed by atoms with Crippen LogP contribution in [0.5, 0.6) is 0 Å². The smallest absolute Gasteiger partial charge is 0.251 e. The van der Waals surface area contributed by atoms with E-state index in [0.29, 0.717) is 22.2 Å². The molecule has 0 saturated carbocycles. The molecule has 0 fully saturated rings. The van der Waals surface area contributed by atoms with Crippen LogP contribution in [0.3, 0.4) is 0 Å². The van der Waals surface area contributed by atoms with Crippen LogP contribution in [0, 0.1) is 0 Å². The van der Waals surface area contributed by atoms with Gasteiger partial charge in [-0.15, -0.1) is 0 Å². The molecule has 0 spiro atoms. The third kappa shape index (κ3) is 3.88. The normalized spacial score (nSPS) is 15.6. The molecule has 148 valence electrons. The summed E-state index contributed by atoms with van der Waals surface area (Å²) in [5, 5.41) is 11.6. The summed E-state index contributed by atoms with van der Waals surface area (Å²) in [6, 6.07) is 16.9. The van der Waals surface area contributed by atoms with Gasteiger partial charge in [-0.2, -0.15) is 5.10 Å². The first-order chi connectivity index (χ1) is 14.1. The minimum Gasteiger partial charge on any atom is -0.352 e. The average molecular weight is 427 g/mol. The molecule has 1 aliphatic heterocycles. The van der Waals surface area contributed by atoms with Gasteiger partial charge in [-0.05, 0) is 25.0 Å². The Hall–Kier alpha value is -2.76. The molecule has 0 bridgehead atoms. The molecule has 0 saturated heterocycles. The minimum atomic E-state index is -0.468. The van der Waals surface area contributed by atoms with Crippen molar-refractivity contribution in [3.05, 3.63) is 93.2 Å². The lowest BCUT2D eigenvalue weighted by Crippen LogP contribution is -2.35. The molecular weight excluding hydrogens is 407 g/mol. The lowest BCUT2D eigenvalue weighted by atomic mass is 9.94. The summed E-state index contributed by atoms with van der Waals surface area (Å²) in [6.07, 6.45) is 2.44. The summed E-state index contributed by atoms with van der Waals surface area (Å²) in [5.41, 5.74) is 3.23. The number of allylic oxidation sites excluding steroid dienone is 1. The first kappa shape index (κ1) is 19.6. The summed E-state index contributed by atoms with van der Waals surface area (Å²) in [6.45, 7) is 2.41. The Bertz CT molecular complexity index is 1080. The molecule has 1 aliphatic rings. The van der Waals surface area contributed by atoms with E-state index < -0.39 is 6.04 Å². The SMILES string of the molecule is CC1=C(C(=O)NCCc2ccccc2)C(c2cccc(Cl)c2Cl)n2nccc2N1. The van der Waals surface area contributed by atoms with Gasteiger partial charge in [0, 0.05) is 23.9 Å². The standard InChI is InChI=1S/C22H20Cl2N4O/c1-14-19(22(29)25-12-10-15-6-3-2-4-7-15)21(28-18(27-14)11-13-26-28)16-8-5-9-17(23)20(16)24/h2-9,11,13,21,27H,10,12H2,1H3,(H,25,29). The number of hydrogen-bond donors (Lipinski definition) is 2. The van der Waals surface area contributed by atoms with Crippen LogP contribution in [0.4, 0.5) is 5.82 Å². The lowest BCUT2D eigenvalue weighted by Gasteiger charge is -2.30. The molecule has 4 rings (SSSR count). The Kier molecular flexibility index (Phi) is 5.60.